The average molecular weight is 338 g/mol. The Morgan fingerprint density at radius 2 is 2.17 bits per heavy atom. The lowest BCUT2D eigenvalue weighted by Gasteiger charge is -2.39. The van der Waals surface area contributed by atoms with E-state index in [1.807, 2.05) is 0 Å². The van der Waals surface area contributed by atoms with Crippen LogP contribution in [-0.2, 0) is 20.9 Å². The van der Waals surface area contributed by atoms with Gasteiger partial charge in [-0.1, -0.05) is 12.1 Å². The second-order valence-electron chi connectivity index (χ2n) is 5.40. The van der Waals surface area contributed by atoms with E-state index in [0.29, 0.717) is 6.42 Å². The number of nitro groups is 1. The Kier molecular flexibility index (Phi) is 5.69. The summed E-state index contributed by atoms with van der Waals surface area (Å²) < 4.78 is 9.94. The first-order valence-corrected chi connectivity index (χ1v) is 7.41. The molecule has 1 amide bonds. The van der Waals surface area contributed by atoms with Crippen molar-refractivity contribution in [2.24, 2.45) is 5.92 Å². The first-order chi connectivity index (χ1) is 11.4. The monoisotopic (exact) mass is 338 g/mol. The normalized spacial score (nSPS) is 20.5. The van der Waals surface area contributed by atoms with E-state index in [1.165, 1.54) is 18.2 Å². The smallest absolute Gasteiger partial charge is 0.430 e. The minimum absolute atomic E-state index is 0.0870. The first kappa shape index (κ1) is 17.7. The summed E-state index contributed by atoms with van der Waals surface area (Å²) in [5.74, 6) is -0.803. The van der Waals surface area contributed by atoms with Gasteiger partial charge in [-0.3, -0.25) is 14.9 Å². The van der Waals surface area contributed by atoms with E-state index < -0.39 is 23.1 Å². The summed E-state index contributed by atoms with van der Waals surface area (Å²) in [4.78, 5) is 33.6. The highest BCUT2D eigenvalue weighted by atomic mass is 16.7. The lowest BCUT2D eigenvalue weighted by atomic mass is 9.84. The number of nitro benzene ring substituents is 1. The number of rotatable bonds is 7. The summed E-state index contributed by atoms with van der Waals surface area (Å²) in [6, 6.07) is 5.65. The number of benzene rings is 1. The molecule has 0 spiro atoms. The van der Waals surface area contributed by atoms with Gasteiger partial charge in [-0.05, 0) is 19.4 Å². The summed E-state index contributed by atoms with van der Waals surface area (Å²) in [5.41, 5.74) is 0.0892. The van der Waals surface area contributed by atoms with Crippen LogP contribution in [0.25, 0.3) is 0 Å². The van der Waals surface area contributed by atoms with Gasteiger partial charge in [0.1, 0.15) is 12.7 Å². The van der Waals surface area contributed by atoms with Gasteiger partial charge in [0.05, 0.1) is 16.4 Å². The number of ether oxygens (including phenoxy) is 2. The number of nitrogens with zero attached hydrogens (tertiary/aromatic N) is 1. The number of nitrogens with one attached hydrogen (secondary N) is 1. The van der Waals surface area contributed by atoms with Crippen molar-refractivity contribution in [1.82, 2.24) is 5.32 Å². The third-order valence-electron chi connectivity index (χ3n) is 3.83. The maximum absolute atomic E-state index is 11.7. The van der Waals surface area contributed by atoms with Gasteiger partial charge >= 0.3 is 6.16 Å². The number of hydrogen-bond acceptors (Lipinski definition) is 7. The fraction of sp³-hybridized carbons (Fsp3) is 0.467. The zero-order chi connectivity index (χ0) is 17.7. The van der Waals surface area contributed by atoms with Crippen LogP contribution in [0.15, 0.2) is 24.3 Å². The van der Waals surface area contributed by atoms with Crippen molar-refractivity contribution in [3.05, 3.63) is 39.9 Å². The fourth-order valence-corrected chi connectivity index (χ4v) is 2.59. The SMILES string of the molecule is C[C@H](OC(=O)OCc1ccccc1[N+](=O)[O-])C1C(=O)NC1CCO. The van der Waals surface area contributed by atoms with Gasteiger partial charge in [-0.25, -0.2) is 4.79 Å². The molecule has 1 heterocycles. The van der Waals surface area contributed by atoms with Crippen molar-refractivity contribution in [2.75, 3.05) is 6.61 Å². The van der Waals surface area contributed by atoms with E-state index in [-0.39, 0.29) is 36.4 Å². The lowest BCUT2D eigenvalue weighted by Crippen LogP contribution is -2.62. The largest absolute Gasteiger partial charge is 0.508 e. The highest BCUT2D eigenvalue weighted by Gasteiger charge is 2.44. The molecule has 1 aliphatic heterocycles. The molecule has 3 atom stereocenters. The summed E-state index contributed by atoms with van der Waals surface area (Å²) >= 11 is 0. The van der Waals surface area contributed by atoms with E-state index in [2.05, 4.69) is 5.32 Å². The number of para-hydroxylation sites is 1. The van der Waals surface area contributed by atoms with Crippen LogP contribution < -0.4 is 5.32 Å². The van der Waals surface area contributed by atoms with E-state index >= 15 is 0 Å². The molecule has 1 aromatic rings. The van der Waals surface area contributed by atoms with E-state index in [0.717, 1.165) is 0 Å². The minimum Gasteiger partial charge on any atom is -0.430 e. The van der Waals surface area contributed by atoms with Gasteiger partial charge in [-0.15, -0.1) is 0 Å². The lowest BCUT2D eigenvalue weighted by molar-refractivity contribution is -0.385. The average Bonchev–Trinajstić information content (AvgIpc) is 2.52. The molecule has 1 aliphatic rings. The molecule has 9 heteroatoms. The fourth-order valence-electron chi connectivity index (χ4n) is 2.59. The van der Waals surface area contributed by atoms with Crippen LogP contribution >= 0.6 is 0 Å². The Labute approximate surface area is 137 Å². The molecule has 9 nitrogen and oxygen atoms in total. The molecule has 24 heavy (non-hydrogen) atoms. The molecule has 0 aliphatic carbocycles. The minimum atomic E-state index is -1.01. The Bertz CT molecular complexity index is 634. The molecule has 0 bridgehead atoms. The van der Waals surface area contributed by atoms with Crippen molar-refractivity contribution < 1.29 is 29.1 Å². The van der Waals surface area contributed by atoms with Crippen LogP contribution in [-0.4, -0.2) is 40.8 Å². The molecule has 2 rings (SSSR count). The molecule has 1 fully saturated rings. The number of aliphatic hydroxyl groups is 1. The topological polar surface area (TPSA) is 128 Å². The Morgan fingerprint density at radius 1 is 1.46 bits per heavy atom. The van der Waals surface area contributed by atoms with Crippen LogP contribution in [0.1, 0.15) is 18.9 Å². The standard InChI is InChI=1S/C15H18N2O7/c1-9(13-11(6-7-18)16-14(13)19)24-15(20)23-8-10-4-2-3-5-12(10)17(21)22/h2-5,9,11,13,18H,6-8H2,1H3,(H,16,19)/t9-,11?,13?/m0/s1. The van der Waals surface area contributed by atoms with Gasteiger partial charge in [-0.2, -0.15) is 0 Å². The highest BCUT2D eigenvalue weighted by molar-refractivity contribution is 5.86. The van der Waals surface area contributed by atoms with E-state index in [9.17, 15) is 19.7 Å². The van der Waals surface area contributed by atoms with Crippen LogP contribution in [0, 0.1) is 16.0 Å². The predicted molar refractivity (Wildman–Crippen MR) is 81.0 cm³/mol. The summed E-state index contributed by atoms with van der Waals surface area (Å²) in [7, 11) is 0. The van der Waals surface area contributed by atoms with Gasteiger partial charge in [0.25, 0.3) is 5.69 Å². The summed E-state index contributed by atoms with van der Waals surface area (Å²) in [5, 5.41) is 22.4. The van der Waals surface area contributed by atoms with Crippen molar-refractivity contribution in [2.45, 2.75) is 32.1 Å². The second kappa shape index (κ2) is 7.73. The van der Waals surface area contributed by atoms with Crippen LogP contribution in [0.5, 0.6) is 0 Å². The Morgan fingerprint density at radius 3 is 2.79 bits per heavy atom. The van der Waals surface area contributed by atoms with E-state index in [4.69, 9.17) is 14.6 Å². The van der Waals surface area contributed by atoms with Crippen LogP contribution in [0.4, 0.5) is 10.5 Å². The maximum atomic E-state index is 11.7. The zero-order valence-corrected chi connectivity index (χ0v) is 13.0. The number of β-lactam (4-membered cyclic amide) rings is 1. The number of aliphatic hydroxyl groups excluding tert-OH is 1. The van der Waals surface area contributed by atoms with E-state index in [1.54, 1.807) is 13.0 Å². The molecule has 1 saturated heterocycles. The van der Waals surface area contributed by atoms with Crippen molar-refractivity contribution in [3.8, 4) is 0 Å². The highest BCUT2D eigenvalue weighted by Crippen LogP contribution is 2.24. The van der Waals surface area contributed by atoms with Crippen molar-refractivity contribution in [3.63, 3.8) is 0 Å². The number of amides is 1. The third-order valence-corrected chi connectivity index (χ3v) is 3.83. The molecule has 2 unspecified atom stereocenters. The number of hydrogen-bond donors (Lipinski definition) is 2. The van der Waals surface area contributed by atoms with Gasteiger partial charge in [0.2, 0.25) is 5.91 Å². The second-order valence-corrected chi connectivity index (χ2v) is 5.40. The first-order valence-electron chi connectivity index (χ1n) is 7.41. The Hall–Kier alpha value is -2.68. The van der Waals surface area contributed by atoms with Gasteiger partial charge in [0, 0.05) is 18.7 Å². The molecule has 0 radical (unpaired) electrons. The molecular formula is C15H18N2O7. The molecule has 2 N–H and O–H groups in total. The molecule has 1 aromatic carbocycles. The molecule has 0 saturated carbocycles. The Balaban J connectivity index is 1.87. The van der Waals surface area contributed by atoms with Crippen molar-refractivity contribution in [1.29, 1.82) is 0 Å². The molecule has 0 aromatic heterocycles. The van der Waals surface area contributed by atoms with Crippen LogP contribution in [0.3, 0.4) is 0 Å². The number of carbonyl (C=O) groups excluding carboxylic acids is 2. The summed E-state index contributed by atoms with van der Waals surface area (Å²) in [6.45, 7) is 1.16. The van der Waals surface area contributed by atoms with Crippen molar-refractivity contribution >= 4 is 17.7 Å². The van der Waals surface area contributed by atoms with Gasteiger partial charge < -0.3 is 19.9 Å². The zero-order valence-electron chi connectivity index (χ0n) is 13.0. The quantitative estimate of drug-likeness (QED) is 0.330. The third kappa shape index (κ3) is 3.99. The number of carbonyl (C=O) groups is 2. The maximum Gasteiger partial charge on any atom is 0.508 e. The van der Waals surface area contributed by atoms with Gasteiger partial charge in [0.15, 0.2) is 0 Å². The molecular weight excluding hydrogens is 320 g/mol. The predicted octanol–water partition coefficient (Wildman–Crippen LogP) is 1.13. The van der Waals surface area contributed by atoms with Crippen LogP contribution in [0.2, 0.25) is 0 Å². The summed E-state index contributed by atoms with van der Waals surface area (Å²) in [6.07, 6.45) is -1.37. The molecule has 130 valence electrons.